The third-order valence-electron chi connectivity index (χ3n) is 3.32. The highest BCUT2D eigenvalue weighted by Gasteiger charge is 2.11. The van der Waals surface area contributed by atoms with Crippen LogP contribution in [0.1, 0.15) is 11.1 Å². The van der Waals surface area contributed by atoms with E-state index >= 15 is 0 Å². The average molecular weight is 291 g/mol. The van der Waals surface area contributed by atoms with Gasteiger partial charge >= 0.3 is 0 Å². The number of nitrogens with one attached hydrogen (secondary N) is 1. The molecule has 0 radical (unpaired) electrons. The molecule has 0 saturated carbocycles. The summed E-state index contributed by atoms with van der Waals surface area (Å²) in [5.74, 6) is 0.640. The zero-order valence-electron chi connectivity index (χ0n) is 11.8. The zero-order valence-corrected chi connectivity index (χ0v) is 12.5. The van der Waals surface area contributed by atoms with Crippen molar-refractivity contribution in [2.45, 2.75) is 18.9 Å². The van der Waals surface area contributed by atoms with E-state index in [4.69, 9.17) is 16.3 Å². The van der Waals surface area contributed by atoms with Crippen molar-refractivity contribution in [3.63, 3.8) is 0 Å². The molecule has 2 rings (SSSR count). The lowest BCUT2D eigenvalue weighted by atomic mass is 10.00. The van der Waals surface area contributed by atoms with E-state index < -0.39 is 0 Å². The van der Waals surface area contributed by atoms with Gasteiger partial charge in [0.25, 0.3) is 0 Å². The minimum atomic E-state index is 0.324. The van der Waals surface area contributed by atoms with Crippen LogP contribution in [0.25, 0.3) is 0 Å². The molecule has 20 heavy (non-hydrogen) atoms. The number of benzene rings is 1. The summed E-state index contributed by atoms with van der Waals surface area (Å²) in [4.78, 5) is 4.23. The van der Waals surface area contributed by atoms with Gasteiger partial charge in [0.1, 0.15) is 0 Å². The van der Waals surface area contributed by atoms with E-state index in [0.717, 1.165) is 23.4 Å². The van der Waals surface area contributed by atoms with E-state index in [-0.39, 0.29) is 0 Å². The smallest absolute Gasteiger partial charge is 0.212 e. The molecule has 4 heteroatoms. The molecule has 1 aromatic heterocycles. The van der Waals surface area contributed by atoms with Crippen molar-refractivity contribution in [2.24, 2.45) is 0 Å². The lowest BCUT2D eigenvalue weighted by Crippen LogP contribution is -2.30. The summed E-state index contributed by atoms with van der Waals surface area (Å²) in [5.41, 5.74) is 2.34. The number of aromatic nitrogens is 1. The van der Waals surface area contributed by atoms with Crippen molar-refractivity contribution < 1.29 is 4.74 Å². The standard InChI is InChI=1S/C16H19ClN2O/c1-18-14(10-13-5-3-4-6-15(13)17)9-12-7-8-16(20-2)19-11-12/h3-8,11,14,18H,9-10H2,1-2H3. The first-order valence-electron chi connectivity index (χ1n) is 6.62. The van der Waals surface area contributed by atoms with Crippen molar-refractivity contribution in [3.8, 4) is 5.88 Å². The Hall–Kier alpha value is -1.58. The molecule has 1 aromatic carbocycles. The van der Waals surface area contributed by atoms with Gasteiger partial charge < -0.3 is 10.1 Å². The normalized spacial score (nSPS) is 12.2. The highest BCUT2D eigenvalue weighted by molar-refractivity contribution is 6.31. The Morgan fingerprint density at radius 3 is 2.60 bits per heavy atom. The first kappa shape index (κ1) is 14.8. The van der Waals surface area contributed by atoms with E-state index in [0.29, 0.717) is 11.9 Å². The second-order valence-electron chi connectivity index (χ2n) is 4.69. The van der Waals surface area contributed by atoms with Crippen molar-refractivity contribution in [3.05, 3.63) is 58.7 Å². The maximum absolute atomic E-state index is 6.21. The van der Waals surface area contributed by atoms with Gasteiger partial charge in [-0.25, -0.2) is 4.98 Å². The molecule has 1 unspecified atom stereocenters. The summed E-state index contributed by atoms with van der Waals surface area (Å²) < 4.78 is 5.07. The Labute approximate surface area is 124 Å². The fraction of sp³-hybridized carbons (Fsp3) is 0.312. The highest BCUT2D eigenvalue weighted by Crippen LogP contribution is 2.18. The Balaban J connectivity index is 2.03. The number of pyridine rings is 1. The largest absolute Gasteiger partial charge is 0.481 e. The van der Waals surface area contributed by atoms with E-state index in [1.165, 1.54) is 5.56 Å². The molecule has 0 fully saturated rings. The van der Waals surface area contributed by atoms with Crippen molar-refractivity contribution in [1.82, 2.24) is 10.3 Å². The van der Waals surface area contributed by atoms with Gasteiger partial charge in [0.2, 0.25) is 5.88 Å². The third kappa shape index (κ3) is 3.95. The number of hydrogen-bond acceptors (Lipinski definition) is 3. The monoisotopic (exact) mass is 290 g/mol. The third-order valence-corrected chi connectivity index (χ3v) is 3.69. The van der Waals surface area contributed by atoms with Crippen LogP contribution in [0.3, 0.4) is 0 Å². The van der Waals surface area contributed by atoms with E-state index in [1.54, 1.807) is 7.11 Å². The number of rotatable bonds is 6. The van der Waals surface area contributed by atoms with Crippen LogP contribution >= 0.6 is 11.6 Å². The van der Waals surface area contributed by atoms with Crippen molar-refractivity contribution >= 4 is 11.6 Å². The lowest BCUT2D eigenvalue weighted by Gasteiger charge is -2.17. The Morgan fingerprint density at radius 2 is 2.00 bits per heavy atom. The summed E-state index contributed by atoms with van der Waals surface area (Å²) in [5, 5.41) is 4.16. The molecule has 0 aliphatic rings. The molecule has 1 heterocycles. The van der Waals surface area contributed by atoms with Gasteiger partial charge in [-0.05, 0) is 37.1 Å². The summed E-state index contributed by atoms with van der Waals surface area (Å²) in [6.07, 6.45) is 3.65. The van der Waals surface area contributed by atoms with Gasteiger partial charge in [0.15, 0.2) is 0 Å². The zero-order chi connectivity index (χ0) is 14.4. The molecule has 0 spiro atoms. The molecular formula is C16H19ClN2O. The number of hydrogen-bond donors (Lipinski definition) is 1. The Morgan fingerprint density at radius 1 is 1.20 bits per heavy atom. The molecule has 0 amide bonds. The minimum absolute atomic E-state index is 0.324. The van der Waals surface area contributed by atoms with Crippen LogP contribution in [-0.2, 0) is 12.8 Å². The molecule has 106 valence electrons. The van der Waals surface area contributed by atoms with Gasteiger partial charge in [-0.2, -0.15) is 0 Å². The second-order valence-corrected chi connectivity index (χ2v) is 5.10. The molecule has 1 atom stereocenters. The van der Waals surface area contributed by atoms with E-state index in [2.05, 4.69) is 16.4 Å². The molecule has 0 aliphatic heterocycles. The maximum atomic E-state index is 6.21. The number of halogens is 1. The van der Waals surface area contributed by atoms with Gasteiger partial charge in [0, 0.05) is 23.3 Å². The van der Waals surface area contributed by atoms with Crippen LogP contribution in [-0.4, -0.2) is 25.2 Å². The average Bonchev–Trinajstić information content (AvgIpc) is 2.49. The second kappa shape index (κ2) is 7.27. The Kier molecular flexibility index (Phi) is 5.39. The molecule has 0 bridgehead atoms. The molecule has 2 aromatic rings. The predicted molar refractivity (Wildman–Crippen MR) is 82.5 cm³/mol. The number of methoxy groups -OCH3 is 1. The molecule has 1 N–H and O–H groups in total. The van der Waals surface area contributed by atoms with Crippen LogP contribution in [0.15, 0.2) is 42.6 Å². The summed E-state index contributed by atoms with van der Waals surface area (Å²) in [6, 6.07) is 12.2. The SMILES string of the molecule is CNC(Cc1ccc(OC)nc1)Cc1ccccc1Cl. The molecular weight excluding hydrogens is 272 g/mol. The minimum Gasteiger partial charge on any atom is -0.481 e. The predicted octanol–water partition coefficient (Wildman–Crippen LogP) is 3.12. The van der Waals surface area contributed by atoms with Gasteiger partial charge in [-0.3, -0.25) is 0 Å². The fourth-order valence-electron chi connectivity index (χ4n) is 2.14. The van der Waals surface area contributed by atoms with Gasteiger partial charge in [0.05, 0.1) is 7.11 Å². The summed E-state index contributed by atoms with van der Waals surface area (Å²) in [6.45, 7) is 0. The van der Waals surface area contributed by atoms with Crippen LogP contribution in [0, 0.1) is 0 Å². The number of likely N-dealkylation sites (N-methyl/N-ethyl adjacent to an activating group) is 1. The van der Waals surface area contributed by atoms with Gasteiger partial charge in [-0.1, -0.05) is 35.9 Å². The summed E-state index contributed by atoms with van der Waals surface area (Å²) >= 11 is 6.21. The quantitative estimate of drug-likeness (QED) is 0.887. The lowest BCUT2D eigenvalue weighted by molar-refractivity contribution is 0.397. The van der Waals surface area contributed by atoms with E-state index in [1.807, 2.05) is 43.6 Å². The highest BCUT2D eigenvalue weighted by atomic mass is 35.5. The summed E-state index contributed by atoms with van der Waals surface area (Å²) in [7, 11) is 3.59. The van der Waals surface area contributed by atoms with Crippen LogP contribution in [0.5, 0.6) is 5.88 Å². The van der Waals surface area contributed by atoms with Gasteiger partial charge in [-0.15, -0.1) is 0 Å². The first-order chi connectivity index (χ1) is 9.72. The van der Waals surface area contributed by atoms with Crippen molar-refractivity contribution in [1.29, 1.82) is 0 Å². The van der Waals surface area contributed by atoms with Crippen molar-refractivity contribution in [2.75, 3.05) is 14.2 Å². The van der Waals surface area contributed by atoms with E-state index in [9.17, 15) is 0 Å². The molecule has 0 saturated heterocycles. The molecule has 3 nitrogen and oxygen atoms in total. The maximum Gasteiger partial charge on any atom is 0.212 e. The Bertz CT molecular complexity index is 542. The van der Waals surface area contributed by atoms with Crippen LogP contribution in [0.2, 0.25) is 5.02 Å². The fourth-order valence-corrected chi connectivity index (χ4v) is 2.36. The topological polar surface area (TPSA) is 34.1 Å². The number of nitrogens with zero attached hydrogens (tertiary/aromatic N) is 1. The first-order valence-corrected chi connectivity index (χ1v) is 7.00. The van der Waals surface area contributed by atoms with Crippen LogP contribution < -0.4 is 10.1 Å². The molecule has 0 aliphatic carbocycles. The number of ether oxygens (including phenoxy) is 1. The van der Waals surface area contributed by atoms with Crippen LogP contribution in [0.4, 0.5) is 0 Å².